The maximum atomic E-state index is 12.5. The van der Waals surface area contributed by atoms with E-state index in [-0.39, 0.29) is 5.92 Å². The molecule has 1 nitrogen and oxygen atoms in total. The van der Waals surface area contributed by atoms with Crippen LogP contribution < -0.4 is 0 Å². The lowest BCUT2D eigenvalue weighted by Crippen LogP contribution is -2.13. The molecular formula is C17H15F3O. The average Bonchev–Trinajstić information content (AvgIpc) is 2.89. The summed E-state index contributed by atoms with van der Waals surface area (Å²) in [6.07, 6.45) is -3.55. The molecule has 0 radical (unpaired) electrons. The molecule has 4 heteroatoms. The summed E-state index contributed by atoms with van der Waals surface area (Å²) >= 11 is 0. The van der Waals surface area contributed by atoms with E-state index < -0.39 is 17.8 Å². The van der Waals surface area contributed by atoms with Gasteiger partial charge in [0.15, 0.2) is 0 Å². The van der Waals surface area contributed by atoms with Gasteiger partial charge in [0, 0.05) is 0 Å². The van der Waals surface area contributed by atoms with Crippen LogP contribution in [0.25, 0.3) is 0 Å². The first-order valence-corrected chi connectivity index (χ1v) is 6.87. The first-order valence-electron chi connectivity index (χ1n) is 6.87. The fourth-order valence-electron chi connectivity index (χ4n) is 2.96. The third kappa shape index (κ3) is 2.81. The predicted molar refractivity (Wildman–Crippen MR) is 73.7 cm³/mol. The minimum Gasteiger partial charge on any atom is -0.388 e. The lowest BCUT2D eigenvalue weighted by molar-refractivity contribution is -0.137. The Kier molecular flexibility index (Phi) is 3.49. The van der Waals surface area contributed by atoms with Crippen molar-refractivity contribution in [2.75, 3.05) is 0 Å². The monoisotopic (exact) mass is 292 g/mol. The van der Waals surface area contributed by atoms with E-state index in [1.165, 1.54) is 23.3 Å². The standard InChI is InChI=1S/C17H15F3O/c18-17(19,20)15-7-5-11(6-8-15)16(21)14-9-12-3-1-2-4-13(12)10-14/h1-8,14,16,21H,9-10H2. The summed E-state index contributed by atoms with van der Waals surface area (Å²) < 4.78 is 37.6. The molecule has 110 valence electrons. The summed E-state index contributed by atoms with van der Waals surface area (Å²) in [5, 5.41) is 10.4. The molecule has 1 N–H and O–H groups in total. The summed E-state index contributed by atoms with van der Waals surface area (Å²) in [5.74, 6) is 0.0270. The number of fused-ring (bicyclic) bond motifs is 1. The van der Waals surface area contributed by atoms with E-state index in [1.54, 1.807) is 0 Å². The third-order valence-electron chi connectivity index (χ3n) is 4.11. The Labute approximate surface area is 121 Å². The maximum absolute atomic E-state index is 12.5. The van der Waals surface area contributed by atoms with Gasteiger partial charge in [-0.05, 0) is 47.6 Å². The van der Waals surface area contributed by atoms with Crippen LogP contribution >= 0.6 is 0 Å². The van der Waals surface area contributed by atoms with E-state index in [0.29, 0.717) is 5.56 Å². The highest BCUT2D eigenvalue weighted by molar-refractivity contribution is 5.34. The molecule has 0 spiro atoms. The average molecular weight is 292 g/mol. The van der Waals surface area contributed by atoms with Gasteiger partial charge in [-0.15, -0.1) is 0 Å². The molecule has 1 aliphatic rings. The minimum atomic E-state index is -4.34. The number of alkyl halides is 3. The number of hydrogen-bond donors (Lipinski definition) is 1. The molecule has 0 saturated heterocycles. The number of halogens is 3. The Hall–Kier alpha value is -1.81. The first kappa shape index (κ1) is 14.1. The second-order valence-electron chi connectivity index (χ2n) is 5.50. The van der Waals surface area contributed by atoms with Crippen LogP contribution in [-0.2, 0) is 19.0 Å². The number of aliphatic hydroxyl groups excluding tert-OH is 1. The second kappa shape index (κ2) is 5.19. The van der Waals surface area contributed by atoms with E-state index in [1.807, 2.05) is 24.3 Å². The van der Waals surface area contributed by atoms with Gasteiger partial charge in [0.05, 0.1) is 11.7 Å². The van der Waals surface area contributed by atoms with Gasteiger partial charge in [-0.25, -0.2) is 0 Å². The van der Waals surface area contributed by atoms with Crippen molar-refractivity contribution < 1.29 is 18.3 Å². The minimum absolute atomic E-state index is 0.0270. The Balaban J connectivity index is 1.76. The van der Waals surface area contributed by atoms with Crippen LogP contribution in [-0.4, -0.2) is 5.11 Å². The zero-order chi connectivity index (χ0) is 15.0. The lowest BCUT2D eigenvalue weighted by Gasteiger charge is -2.18. The van der Waals surface area contributed by atoms with Crippen molar-refractivity contribution in [3.8, 4) is 0 Å². The fourth-order valence-corrected chi connectivity index (χ4v) is 2.96. The van der Waals surface area contributed by atoms with E-state index in [2.05, 4.69) is 0 Å². The molecule has 0 saturated carbocycles. The number of rotatable bonds is 2. The third-order valence-corrected chi connectivity index (χ3v) is 4.11. The van der Waals surface area contributed by atoms with Gasteiger partial charge in [-0.2, -0.15) is 13.2 Å². The van der Waals surface area contributed by atoms with Crippen molar-refractivity contribution in [1.29, 1.82) is 0 Å². The van der Waals surface area contributed by atoms with Crippen LogP contribution in [0.2, 0.25) is 0 Å². The van der Waals surface area contributed by atoms with Crippen LogP contribution in [0.1, 0.15) is 28.4 Å². The fraction of sp³-hybridized carbons (Fsp3) is 0.294. The lowest BCUT2D eigenvalue weighted by atomic mass is 9.92. The summed E-state index contributed by atoms with van der Waals surface area (Å²) in [6, 6.07) is 12.8. The van der Waals surface area contributed by atoms with Crippen LogP contribution in [0, 0.1) is 5.92 Å². The molecule has 0 amide bonds. The molecule has 2 aromatic carbocycles. The molecule has 0 aliphatic heterocycles. The molecule has 0 bridgehead atoms. The normalized spacial score (nSPS) is 16.8. The van der Waals surface area contributed by atoms with Crippen molar-refractivity contribution in [2.45, 2.75) is 25.1 Å². The summed E-state index contributed by atoms with van der Waals surface area (Å²) in [5.41, 5.74) is 2.29. The second-order valence-corrected chi connectivity index (χ2v) is 5.50. The van der Waals surface area contributed by atoms with Gasteiger partial charge in [0.1, 0.15) is 0 Å². The van der Waals surface area contributed by atoms with Crippen LogP contribution in [0.5, 0.6) is 0 Å². The first-order chi connectivity index (χ1) is 9.95. The summed E-state index contributed by atoms with van der Waals surface area (Å²) in [6.45, 7) is 0. The molecule has 0 heterocycles. The topological polar surface area (TPSA) is 20.2 Å². The van der Waals surface area contributed by atoms with Gasteiger partial charge in [-0.1, -0.05) is 36.4 Å². The molecule has 21 heavy (non-hydrogen) atoms. The summed E-state index contributed by atoms with van der Waals surface area (Å²) in [4.78, 5) is 0. The highest BCUT2D eigenvalue weighted by Gasteiger charge is 2.31. The number of benzene rings is 2. The zero-order valence-corrected chi connectivity index (χ0v) is 11.3. The molecule has 0 aromatic heterocycles. The van der Waals surface area contributed by atoms with Crippen LogP contribution in [0.4, 0.5) is 13.2 Å². The highest BCUT2D eigenvalue weighted by Crippen LogP contribution is 2.36. The van der Waals surface area contributed by atoms with Crippen molar-refractivity contribution in [3.63, 3.8) is 0 Å². The van der Waals surface area contributed by atoms with Gasteiger partial charge in [-0.3, -0.25) is 0 Å². The Morgan fingerprint density at radius 3 is 1.90 bits per heavy atom. The van der Waals surface area contributed by atoms with E-state index >= 15 is 0 Å². The molecule has 1 aliphatic carbocycles. The Morgan fingerprint density at radius 1 is 0.905 bits per heavy atom. The van der Waals surface area contributed by atoms with Gasteiger partial charge in [0.2, 0.25) is 0 Å². The molecule has 0 fully saturated rings. The SMILES string of the molecule is OC(c1ccc(C(F)(F)F)cc1)C1Cc2ccccc2C1. The maximum Gasteiger partial charge on any atom is 0.416 e. The molecule has 1 unspecified atom stereocenters. The van der Waals surface area contributed by atoms with Crippen LogP contribution in [0.3, 0.4) is 0 Å². The molecule has 3 rings (SSSR count). The van der Waals surface area contributed by atoms with E-state index in [0.717, 1.165) is 25.0 Å². The Morgan fingerprint density at radius 2 is 1.43 bits per heavy atom. The quantitative estimate of drug-likeness (QED) is 0.881. The smallest absolute Gasteiger partial charge is 0.388 e. The van der Waals surface area contributed by atoms with Gasteiger partial charge in [0.25, 0.3) is 0 Å². The molecule has 1 atom stereocenters. The predicted octanol–water partition coefficient (Wildman–Crippen LogP) is 4.15. The van der Waals surface area contributed by atoms with E-state index in [9.17, 15) is 18.3 Å². The van der Waals surface area contributed by atoms with Crippen molar-refractivity contribution in [1.82, 2.24) is 0 Å². The number of aliphatic hydroxyl groups is 1. The van der Waals surface area contributed by atoms with Crippen LogP contribution in [0.15, 0.2) is 48.5 Å². The van der Waals surface area contributed by atoms with Gasteiger partial charge >= 0.3 is 6.18 Å². The largest absolute Gasteiger partial charge is 0.416 e. The molecular weight excluding hydrogens is 277 g/mol. The Bertz CT molecular complexity index is 606. The van der Waals surface area contributed by atoms with Crippen molar-refractivity contribution in [2.24, 2.45) is 5.92 Å². The van der Waals surface area contributed by atoms with Crippen molar-refractivity contribution in [3.05, 3.63) is 70.8 Å². The summed E-state index contributed by atoms with van der Waals surface area (Å²) in [7, 11) is 0. The number of hydrogen-bond acceptors (Lipinski definition) is 1. The van der Waals surface area contributed by atoms with Crippen molar-refractivity contribution >= 4 is 0 Å². The zero-order valence-electron chi connectivity index (χ0n) is 11.3. The van der Waals surface area contributed by atoms with Gasteiger partial charge < -0.3 is 5.11 Å². The van der Waals surface area contributed by atoms with E-state index in [4.69, 9.17) is 0 Å². The molecule has 2 aromatic rings. The highest BCUT2D eigenvalue weighted by atomic mass is 19.4.